The topological polar surface area (TPSA) is 125 Å². The maximum absolute atomic E-state index is 11.6. The molecule has 18 heavy (non-hydrogen) atoms. The van der Waals surface area contributed by atoms with Gasteiger partial charge in [0.1, 0.15) is 6.04 Å². The molecule has 0 saturated carbocycles. The van der Waals surface area contributed by atoms with Crippen LogP contribution in [0, 0.1) is 11.3 Å². The van der Waals surface area contributed by atoms with Crippen LogP contribution in [0.4, 0.5) is 0 Å². The van der Waals surface area contributed by atoms with E-state index >= 15 is 0 Å². The number of nitrogens with one attached hydrogen (secondary N) is 1. The molecule has 8 nitrogen and oxygen atoms in total. The van der Waals surface area contributed by atoms with Crippen molar-refractivity contribution in [3.8, 4) is 6.07 Å². The summed E-state index contributed by atoms with van der Waals surface area (Å²) in [5.74, 6) is -1.36. The van der Waals surface area contributed by atoms with E-state index in [0.717, 1.165) is 0 Å². The molecule has 0 aliphatic rings. The van der Waals surface area contributed by atoms with E-state index in [9.17, 15) is 13.2 Å². The van der Waals surface area contributed by atoms with Crippen LogP contribution >= 0.6 is 0 Å². The fraction of sp³-hybridized carbons (Fsp3) is 0.444. The molecule has 1 heterocycles. The van der Waals surface area contributed by atoms with Gasteiger partial charge in [-0.05, 0) is 6.92 Å². The van der Waals surface area contributed by atoms with Gasteiger partial charge in [-0.3, -0.25) is 9.48 Å². The third kappa shape index (κ3) is 3.06. The van der Waals surface area contributed by atoms with Crippen LogP contribution in [0.25, 0.3) is 0 Å². The lowest BCUT2D eigenvalue weighted by atomic mass is 10.2. The van der Waals surface area contributed by atoms with Gasteiger partial charge in [-0.15, -0.1) is 0 Å². The van der Waals surface area contributed by atoms with Crippen molar-refractivity contribution < 1.29 is 18.3 Å². The van der Waals surface area contributed by atoms with E-state index in [2.05, 4.69) is 5.10 Å². The monoisotopic (exact) mass is 272 g/mol. The summed E-state index contributed by atoms with van der Waals surface area (Å²) in [5, 5.41) is 20.0. The van der Waals surface area contributed by atoms with E-state index in [0.29, 0.717) is 0 Å². The maximum atomic E-state index is 11.6. The second-order valence-corrected chi connectivity index (χ2v) is 5.69. The molecule has 1 aromatic heterocycles. The molecule has 2 N–H and O–H groups in total. The van der Waals surface area contributed by atoms with Gasteiger partial charge in [0.2, 0.25) is 10.0 Å². The number of nitriles is 1. The minimum absolute atomic E-state index is 0.193. The van der Waals surface area contributed by atoms with Crippen LogP contribution in [0.3, 0.4) is 0 Å². The number of aromatic nitrogens is 2. The number of nitrogens with zero attached hydrogens (tertiary/aromatic N) is 3. The fourth-order valence-electron chi connectivity index (χ4n) is 1.19. The number of carboxylic acids is 1. The van der Waals surface area contributed by atoms with Crippen molar-refractivity contribution >= 4 is 16.0 Å². The Labute approximate surface area is 104 Å². The van der Waals surface area contributed by atoms with Gasteiger partial charge >= 0.3 is 5.97 Å². The van der Waals surface area contributed by atoms with Gasteiger partial charge < -0.3 is 5.11 Å². The molecular weight excluding hydrogens is 260 g/mol. The van der Waals surface area contributed by atoms with Gasteiger partial charge in [-0.1, -0.05) is 0 Å². The summed E-state index contributed by atoms with van der Waals surface area (Å²) in [6.07, 6.45) is 2.64. The van der Waals surface area contributed by atoms with Gasteiger partial charge in [-0.25, -0.2) is 8.42 Å². The summed E-state index contributed by atoms with van der Waals surface area (Å²) < 4.78 is 26.6. The van der Waals surface area contributed by atoms with Crippen LogP contribution in [0.5, 0.6) is 0 Å². The highest BCUT2D eigenvalue weighted by Gasteiger charge is 2.30. The second-order valence-electron chi connectivity index (χ2n) is 3.65. The molecule has 0 radical (unpaired) electrons. The molecule has 0 aromatic carbocycles. The molecular formula is C9H12N4O4S. The molecule has 2 unspecified atom stereocenters. The molecule has 1 rings (SSSR count). The molecule has 0 aliphatic carbocycles. The van der Waals surface area contributed by atoms with Gasteiger partial charge in [0.15, 0.2) is 5.25 Å². The number of hydrogen-bond acceptors (Lipinski definition) is 5. The minimum Gasteiger partial charge on any atom is -0.480 e. The summed E-state index contributed by atoms with van der Waals surface area (Å²) in [5.41, 5.74) is 0.193. The minimum atomic E-state index is -4.02. The third-order valence-corrected chi connectivity index (χ3v) is 3.84. The average Bonchev–Trinajstić information content (AvgIpc) is 2.71. The number of carboxylic acid groups (broad SMARTS) is 1. The van der Waals surface area contributed by atoms with Gasteiger partial charge in [0.25, 0.3) is 0 Å². The molecule has 1 aromatic rings. The predicted molar refractivity (Wildman–Crippen MR) is 60.7 cm³/mol. The van der Waals surface area contributed by atoms with Gasteiger partial charge in [0, 0.05) is 18.8 Å². The van der Waals surface area contributed by atoms with Crippen molar-refractivity contribution in [2.45, 2.75) is 18.2 Å². The Kier molecular flexibility index (Phi) is 4.05. The van der Waals surface area contributed by atoms with Crippen LogP contribution in [0.2, 0.25) is 0 Å². The Balaban J connectivity index is 3.04. The molecule has 0 fully saturated rings. The Morgan fingerprint density at radius 3 is 2.67 bits per heavy atom. The van der Waals surface area contributed by atoms with Gasteiger partial charge in [-0.2, -0.15) is 15.1 Å². The van der Waals surface area contributed by atoms with Crippen molar-refractivity contribution in [1.82, 2.24) is 14.5 Å². The first kappa shape index (κ1) is 14.1. The van der Waals surface area contributed by atoms with E-state index in [1.165, 1.54) is 24.0 Å². The Morgan fingerprint density at radius 2 is 2.28 bits per heavy atom. The highest BCUT2D eigenvalue weighted by Crippen LogP contribution is 2.14. The predicted octanol–water partition coefficient (Wildman–Crippen LogP) is -0.623. The summed E-state index contributed by atoms with van der Waals surface area (Å²) in [7, 11) is -2.44. The van der Waals surface area contributed by atoms with Crippen LogP contribution < -0.4 is 4.72 Å². The van der Waals surface area contributed by atoms with Crippen LogP contribution in [-0.4, -0.2) is 34.5 Å². The first-order valence-corrected chi connectivity index (χ1v) is 6.44. The van der Waals surface area contributed by atoms with E-state index < -0.39 is 27.3 Å². The van der Waals surface area contributed by atoms with Crippen LogP contribution in [0.15, 0.2) is 12.4 Å². The lowest BCUT2D eigenvalue weighted by Gasteiger charge is -2.14. The van der Waals surface area contributed by atoms with E-state index in [1.54, 1.807) is 13.1 Å². The van der Waals surface area contributed by atoms with Gasteiger partial charge in [0.05, 0.1) is 12.3 Å². The normalized spacial score (nSPS) is 14.7. The maximum Gasteiger partial charge on any atom is 0.326 e. The molecule has 0 saturated heterocycles. The molecule has 2 atom stereocenters. The zero-order chi connectivity index (χ0) is 13.9. The molecule has 0 amide bonds. The number of sulfonamides is 1. The summed E-state index contributed by atoms with van der Waals surface area (Å²) in [6.45, 7) is 1.17. The van der Waals surface area contributed by atoms with Crippen molar-refractivity contribution in [3.63, 3.8) is 0 Å². The number of carbonyl (C=O) groups is 1. The zero-order valence-corrected chi connectivity index (χ0v) is 10.5. The Hall–Kier alpha value is -1.92. The largest absolute Gasteiger partial charge is 0.480 e. The highest BCUT2D eigenvalue weighted by molar-refractivity contribution is 7.90. The van der Waals surface area contributed by atoms with E-state index in [-0.39, 0.29) is 5.56 Å². The van der Waals surface area contributed by atoms with Crippen LogP contribution in [-0.2, 0) is 21.9 Å². The second kappa shape index (κ2) is 5.16. The lowest BCUT2D eigenvalue weighted by Crippen LogP contribution is -2.38. The number of rotatable bonds is 5. The standard InChI is InChI=1S/C9H12N4O4S/c1-6(3-10)18(16,17)12-8(9(14)15)7-4-11-13(2)5-7/h4-6,8,12H,1-2H3,(H,14,15). The van der Waals surface area contributed by atoms with Crippen molar-refractivity contribution in [3.05, 3.63) is 18.0 Å². The van der Waals surface area contributed by atoms with E-state index in [1.807, 2.05) is 4.72 Å². The van der Waals surface area contributed by atoms with Crippen molar-refractivity contribution in [2.75, 3.05) is 0 Å². The zero-order valence-electron chi connectivity index (χ0n) is 9.73. The first-order valence-electron chi connectivity index (χ1n) is 4.90. The fourth-order valence-corrected chi connectivity index (χ4v) is 2.09. The smallest absolute Gasteiger partial charge is 0.326 e. The number of aryl methyl sites for hydroxylation is 1. The average molecular weight is 272 g/mol. The summed E-state index contributed by atoms with van der Waals surface area (Å²) >= 11 is 0. The molecule has 0 bridgehead atoms. The Bertz CT molecular complexity index is 586. The van der Waals surface area contributed by atoms with Crippen LogP contribution in [0.1, 0.15) is 18.5 Å². The molecule has 98 valence electrons. The number of aliphatic carboxylic acids is 1. The summed E-state index contributed by atoms with van der Waals surface area (Å²) in [6, 6.07) is 0.0831. The summed E-state index contributed by atoms with van der Waals surface area (Å²) in [4.78, 5) is 11.1. The van der Waals surface area contributed by atoms with Crippen molar-refractivity contribution in [2.24, 2.45) is 7.05 Å². The molecule has 0 spiro atoms. The molecule has 9 heteroatoms. The van der Waals surface area contributed by atoms with Crippen molar-refractivity contribution in [1.29, 1.82) is 5.26 Å². The highest BCUT2D eigenvalue weighted by atomic mass is 32.2. The number of hydrogen-bond donors (Lipinski definition) is 2. The SMILES string of the molecule is CC(C#N)S(=O)(=O)NC(C(=O)O)c1cnn(C)c1. The lowest BCUT2D eigenvalue weighted by molar-refractivity contribution is -0.139. The molecule has 0 aliphatic heterocycles. The Morgan fingerprint density at radius 1 is 1.67 bits per heavy atom. The first-order chi connectivity index (χ1) is 8.27. The third-order valence-electron chi connectivity index (χ3n) is 2.23. The van der Waals surface area contributed by atoms with E-state index in [4.69, 9.17) is 10.4 Å². The quantitative estimate of drug-likeness (QED) is 0.735.